The summed E-state index contributed by atoms with van der Waals surface area (Å²) in [6.45, 7) is 0.752. The highest BCUT2D eigenvalue weighted by atomic mass is 35.5. The molecule has 0 aliphatic rings. The van der Waals surface area contributed by atoms with Crippen LogP contribution >= 0.6 is 11.6 Å². The third-order valence-corrected chi connectivity index (χ3v) is 3.22. The third-order valence-electron chi connectivity index (χ3n) is 2.97. The molecular formula is C15H13ClN4. The first-order valence-electron chi connectivity index (χ1n) is 6.39. The number of nitrogens with zero attached hydrogens (tertiary/aromatic N) is 3. The second-order valence-electron chi connectivity index (χ2n) is 4.43. The van der Waals surface area contributed by atoms with Crippen molar-refractivity contribution in [3.8, 4) is 0 Å². The van der Waals surface area contributed by atoms with Gasteiger partial charge in [0.15, 0.2) is 0 Å². The molecule has 0 radical (unpaired) electrons. The monoisotopic (exact) mass is 284 g/mol. The van der Waals surface area contributed by atoms with E-state index in [0.29, 0.717) is 5.95 Å². The highest BCUT2D eigenvalue weighted by Gasteiger charge is 2.00. The second-order valence-corrected chi connectivity index (χ2v) is 4.86. The zero-order valence-corrected chi connectivity index (χ0v) is 11.5. The predicted octanol–water partition coefficient (Wildman–Crippen LogP) is 3.33. The number of rotatable bonds is 4. The molecule has 100 valence electrons. The van der Waals surface area contributed by atoms with Crippen molar-refractivity contribution in [1.29, 1.82) is 0 Å². The van der Waals surface area contributed by atoms with Gasteiger partial charge in [-0.15, -0.1) is 10.2 Å². The number of hydrogen-bond donors (Lipinski definition) is 1. The largest absolute Gasteiger partial charge is 0.353 e. The number of nitrogens with one attached hydrogen (secondary N) is 1. The molecular weight excluding hydrogens is 272 g/mol. The summed E-state index contributed by atoms with van der Waals surface area (Å²) in [7, 11) is 0. The van der Waals surface area contributed by atoms with Crippen molar-refractivity contribution in [2.45, 2.75) is 6.42 Å². The Balaban J connectivity index is 1.63. The van der Waals surface area contributed by atoms with Gasteiger partial charge in [0.25, 0.3) is 0 Å². The summed E-state index contributed by atoms with van der Waals surface area (Å²) in [5.74, 6) is 0.553. The molecule has 0 saturated heterocycles. The summed E-state index contributed by atoms with van der Waals surface area (Å²) in [4.78, 5) is 4.41. The molecule has 0 bridgehead atoms. The Bertz CT molecular complexity index is 712. The van der Waals surface area contributed by atoms with E-state index in [1.54, 1.807) is 0 Å². The Hall–Kier alpha value is -2.20. The van der Waals surface area contributed by atoms with E-state index in [1.807, 2.05) is 48.5 Å². The van der Waals surface area contributed by atoms with Gasteiger partial charge in [-0.3, -0.25) is 0 Å². The molecule has 1 aromatic heterocycles. The Labute approximate surface area is 121 Å². The van der Waals surface area contributed by atoms with Gasteiger partial charge in [0.2, 0.25) is 5.95 Å². The first-order chi connectivity index (χ1) is 9.81. The molecule has 1 heterocycles. The van der Waals surface area contributed by atoms with Crippen LogP contribution in [-0.4, -0.2) is 21.7 Å². The molecule has 4 nitrogen and oxygen atoms in total. The van der Waals surface area contributed by atoms with Crippen LogP contribution in [0.4, 0.5) is 5.95 Å². The first kappa shape index (κ1) is 12.8. The third kappa shape index (κ3) is 3.03. The lowest BCUT2D eigenvalue weighted by molar-refractivity contribution is 0.952. The van der Waals surface area contributed by atoms with Crippen LogP contribution in [0.3, 0.4) is 0 Å². The Morgan fingerprint density at radius 1 is 0.900 bits per heavy atom. The van der Waals surface area contributed by atoms with E-state index >= 15 is 0 Å². The van der Waals surface area contributed by atoms with Gasteiger partial charge in [0.05, 0.1) is 5.52 Å². The van der Waals surface area contributed by atoms with Gasteiger partial charge in [0.1, 0.15) is 5.52 Å². The summed E-state index contributed by atoms with van der Waals surface area (Å²) < 4.78 is 0. The number of anilines is 1. The summed E-state index contributed by atoms with van der Waals surface area (Å²) in [6, 6.07) is 15.5. The topological polar surface area (TPSA) is 50.7 Å². The van der Waals surface area contributed by atoms with E-state index in [0.717, 1.165) is 29.0 Å². The standard InChI is InChI=1S/C15H13ClN4/c16-12-7-5-11(6-8-12)9-10-17-15-18-13-3-1-2-4-14(13)19-20-15/h1-8H,9-10H2,(H,17,18,20). The van der Waals surface area contributed by atoms with Gasteiger partial charge in [-0.05, 0) is 36.2 Å². The Morgan fingerprint density at radius 3 is 2.45 bits per heavy atom. The van der Waals surface area contributed by atoms with Crippen LogP contribution in [0.5, 0.6) is 0 Å². The molecule has 3 rings (SSSR count). The van der Waals surface area contributed by atoms with Crippen LogP contribution in [0.1, 0.15) is 5.56 Å². The summed E-state index contributed by atoms with van der Waals surface area (Å²) in [5, 5.41) is 12.1. The van der Waals surface area contributed by atoms with E-state index in [2.05, 4.69) is 20.5 Å². The number of fused-ring (bicyclic) bond motifs is 1. The predicted molar refractivity (Wildman–Crippen MR) is 81.0 cm³/mol. The second kappa shape index (κ2) is 5.84. The molecule has 1 N–H and O–H groups in total. The van der Waals surface area contributed by atoms with Gasteiger partial charge in [-0.25, -0.2) is 4.98 Å². The molecule has 2 aromatic carbocycles. The van der Waals surface area contributed by atoms with Crippen molar-refractivity contribution in [2.24, 2.45) is 0 Å². The molecule has 0 aliphatic heterocycles. The first-order valence-corrected chi connectivity index (χ1v) is 6.77. The molecule has 0 spiro atoms. The molecule has 0 fully saturated rings. The summed E-state index contributed by atoms with van der Waals surface area (Å²) in [6.07, 6.45) is 0.882. The average Bonchev–Trinajstić information content (AvgIpc) is 2.49. The van der Waals surface area contributed by atoms with E-state index < -0.39 is 0 Å². The molecule has 5 heteroatoms. The van der Waals surface area contributed by atoms with Gasteiger partial charge < -0.3 is 5.32 Å². The number of aromatic nitrogens is 3. The van der Waals surface area contributed by atoms with E-state index in [9.17, 15) is 0 Å². The highest BCUT2D eigenvalue weighted by Crippen LogP contribution is 2.11. The van der Waals surface area contributed by atoms with Gasteiger partial charge >= 0.3 is 0 Å². The van der Waals surface area contributed by atoms with E-state index in [4.69, 9.17) is 11.6 Å². The SMILES string of the molecule is Clc1ccc(CCNc2nnc3ccccc3n2)cc1. The minimum Gasteiger partial charge on any atom is -0.353 e. The van der Waals surface area contributed by atoms with Crippen LogP contribution in [0.15, 0.2) is 48.5 Å². The molecule has 0 atom stereocenters. The maximum atomic E-state index is 5.85. The maximum Gasteiger partial charge on any atom is 0.243 e. The summed E-state index contributed by atoms with van der Waals surface area (Å²) in [5.41, 5.74) is 2.86. The van der Waals surface area contributed by atoms with Crippen molar-refractivity contribution >= 4 is 28.6 Å². The lowest BCUT2D eigenvalue weighted by atomic mass is 10.1. The van der Waals surface area contributed by atoms with Crippen molar-refractivity contribution < 1.29 is 0 Å². The number of halogens is 1. The van der Waals surface area contributed by atoms with Crippen molar-refractivity contribution in [3.63, 3.8) is 0 Å². The molecule has 0 amide bonds. The fraction of sp³-hybridized carbons (Fsp3) is 0.133. The molecule has 20 heavy (non-hydrogen) atoms. The van der Waals surface area contributed by atoms with Gasteiger partial charge in [0, 0.05) is 11.6 Å². The maximum absolute atomic E-state index is 5.85. The van der Waals surface area contributed by atoms with Crippen molar-refractivity contribution in [1.82, 2.24) is 15.2 Å². The lowest BCUT2D eigenvalue weighted by Gasteiger charge is -2.05. The average molecular weight is 285 g/mol. The van der Waals surface area contributed by atoms with Crippen molar-refractivity contribution in [2.75, 3.05) is 11.9 Å². The number of para-hydroxylation sites is 1. The van der Waals surface area contributed by atoms with Gasteiger partial charge in [-0.2, -0.15) is 0 Å². The summed E-state index contributed by atoms with van der Waals surface area (Å²) >= 11 is 5.85. The minimum atomic E-state index is 0.553. The van der Waals surface area contributed by atoms with Crippen LogP contribution in [-0.2, 0) is 6.42 Å². The van der Waals surface area contributed by atoms with Crippen LogP contribution in [0, 0.1) is 0 Å². The zero-order valence-electron chi connectivity index (χ0n) is 10.8. The van der Waals surface area contributed by atoms with Gasteiger partial charge in [-0.1, -0.05) is 35.9 Å². The quantitative estimate of drug-likeness (QED) is 0.798. The molecule has 0 unspecified atom stereocenters. The minimum absolute atomic E-state index is 0.553. The fourth-order valence-electron chi connectivity index (χ4n) is 1.93. The smallest absolute Gasteiger partial charge is 0.243 e. The Morgan fingerprint density at radius 2 is 1.65 bits per heavy atom. The van der Waals surface area contributed by atoms with Crippen molar-refractivity contribution in [3.05, 3.63) is 59.1 Å². The lowest BCUT2D eigenvalue weighted by Crippen LogP contribution is -2.08. The molecule has 0 saturated carbocycles. The fourth-order valence-corrected chi connectivity index (χ4v) is 2.05. The normalized spacial score (nSPS) is 10.7. The van der Waals surface area contributed by atoms with E-state index in [-0.39, 0.29) is 0 Å². The zero-order chi connectivity index (χ0) is 13.8. The van der Waals surface area contributed by atoms with Crippen LogP contribution in [0.25, 0.3) is 11.0 Å². The van der Waals surface area contributed by atoms with E-state index in [1.165, 1.54) is 5.56 Å². The number of benzene rings is 2. The highest BCUT2D eigenvalue weighted by molar-refractivity contribution is 6.30. The molecule has 3 aromatic rings. The van der Waals surface area contributed by atoms with Crippen LogP contribution < -0.4 is 5.32 Å². The molecule has 0 aliphatic carbocycles. The number of hydrogen-bond acceptors (Lipinski definition) is 4. The Kier molecular flexibility index (Phi) is 3.74. The van der Waals surface area contributed by atoms with Crippen LogP contribution in [0.2, 0.25) is 5.02 Å².